The molecular formula is C24H21F2N3O4. The second kappa shape index (κ2) is 8.31. The van der Waals surface area contributed by atoms with E-state index in [4.69, 9.17) is 9.47 Å². The van der Waals surface area contributed by atoms with Crippen molar-refractivity contribution in [2.24, 2.45) is 13.0 Å². The number of halogens is 2. The van der Waals surface area contributed by atoms with Crippen LogP contribution in [0.15, 0.2) is 42.6 Å². The third-order valence-corrected chi connectivity index (χ3v) is 5.92. The van der Waals surface area contributed by atoms with Gasteiger partial charge in [-0.15, -0.1) is 0 Å². The number of fused-ring (bicyclic) bond motifs is 1. The van der Waals surface area contributed by atoms with Crippen molar-refractivity contribution in [2.75, 3.05) is 26.3 Å². The van der Waals surface area contributed by atoms with Gasteiger partial charge in [0.05, 0.1) is 17.9 Å². The second-order valence-electron chi connectivity index (χ2n) is 8.32. The number of hydrogen-bond donors (Lipinski definition) is 0. The van der Waals surface area contributed by atoms with E-state index in [1.165, 1.54) is 17.0 Å². The second-order valence-corrected chi connectivity index (χ2v) is 8.32. The highest BCUT2D eigenvalue weighted by atomic mass is 19.1. The minimum absolute atomic E-state index is 0.00991. The van der Waals surface area contributed by atoms with Gasteiger partial charge in [-0.05, 0) is 30.3 Å². The van der Waals surface area contributed by atoms with Crippen molar-refractivity contribution in [1.82, 2.24) is 14.7 Å². The number of aryl methyl sites for hydroxylation is 1. The first-order valence-corrected chi connectivity index (χ1v) is 10.6. The smallest absolute Gasteiger partial charge is 0.256 e. The van der Waals surface area contributed by atoms with Gasteiger partial charge in [0.1, 0.15) is 18.2 Å². The maximum Gasteiger partial charge on any atom is 0.256 e. The number of rotatable bonds is 5. The van der Waals surface area contributed by atoms with Crippen LogP contribution in [0.2, 0.25) is 0 Å². The van der Waals surface area contributed by atoms with E-state index in [2.05, 4.69) is 5.10 Å². The van der Waals surface area contributed by atoms with Crippen LogP contribution in [0, 0.1) is 17.6 Å². The van der Waals surface area contributed by atoms with Gasteiger partial charge in [-0.3, -0.25) is 14.3 Å². The van der Waals surface area contributed by atoms with Crippen molar-refractivity contribution in [3.8, 4) is 22.8 Å². The Hall–Kier alpha value is -3.75. The number of aromatic nitrogens is 2. The van der Waals surface area contributed by atoms with Crippen molar-refractivity contribution in [2.45, 2.75) is 6.42 Å². The van der Waals surface area contributed by atoms with Gasteiger partial charge in [0.15, 0.2) is 17.3 Å². The number of benzene rings is 2. The summed E-state index contributed by atoms with van der Waals surface area (Å²) >= 11 is 0. The zero-order valence-electron chi connectivity index (χ0n) is 17.9. The Morgan fingerprint density at radius 2 is 2.00 bits per heavy atom. The maximum atomic E-state index is 14.5. The number of nitrogens with zero attached hydrogens (tertiary/aromatic N) is 3. The summed E-state index contributed by atoms with van der Waals surface area (Å²) in [6, 6.07) is 9.09. The standard InChI is InChI=1S/C24H21F2N3O4/c1-28-21(4-5-27-28)15-2-3-22(20(26)8-15)32-12-14-10-29(11-14)24(31)18-7-16-6-17(30)13-33-23(16)9-19(18)25/h2-5,7-9,14H,6,10-13H2,1H3. The zero-order chi connectivity index (χ0) is 23.1. The van der Waals surface area contributed by atoms with Gasteiger partial charge in [0.25, 0.3) is 5.91 Å². The van der Waals surface area contributed by atoms with Crippen LogP contribution < -0.4 is 9.47 Å². The van der Waals surface area contributed by atoms with Gasteiger partial charge in [0, 0.05) is 55.9 Å². The Labute approximate surface area is 188 Å². The van der Waals surface area contributed by atoms with Gasteiger partial charge in [0.2, 0.25) is 0 Å². The van der Waals surface area contributed by atoms with Gasteiger partial charge < -0.3 is 14.4 Å². The first-order valence-electron chi connectivity index (χ1n) is 10.6. The SMILES string of the molecule is Cn1nccc1-c1ccc(OCC2CN(C(=O)c3cc4c(cc3F)OCC(=O)C4)C2)c(F)c1. The van der Waals surface area contributed by atoms with Crippen LogP contribution in [0.5, 0.6) is 11.5 Å². The van der Waals surface area contributed by atoms with Crippen LogP contribution in [0.25, 0.3) is 11.3 Å². The molecule has 2 aliphatic rings. The Balaban J connectivity index is 1.18. The van der Waals surface area contributed by atoms with Crippen molar-refractivity contribution < 1.29 is 27.8 Å². The van der Waals surface area contributed by atoms with E-state index in [1.807, 2.05) is 0 Å². The maximum absolute atomic E-state index is 14.5. The van der Waals surface area contributed by atoms with E-state index in [-0.39, 0.29) is 42.6 Å². The lowest BCUT2D eigenvalue weighted by molar-refractivity contribution is -0.121. The van der Waals surface area contributed by atoms with Crippen LogP contribution in [-0.2, 0) is 18.3 Å². The normalized spacial score (nSPS) is 15.6. The monoisotopic (exact) mass is 453 g/mol. The fourth-order valence-electron chi connectivity index (χ4n) is 4.11. The van der Waals surface area contributed by atoms with E-state index in [0.717, 1.165) is 11.8 Å². The Kier molecular flexibility index (Phi) is 5.32. The third-order valence-electron chi connectivity index (χ3n) is 5.92. The summed E-state index contributed by atoms with van der Waals surface area (Å²) in [6.45, 7) is 0.903. The number of Topliss-reactive ketones (excluding diaryl/α,β-unsaturated/α-hetero) is 1. The lowest BCUT2D eigenvalue weighted by atomic mass is 9.97. The van der Waals surface area contributed by atoms with Crippen molar-refractivity contribution in [3.63, 3.8) is 0 Å². The predicted molar refractivity (Wildman–Crippen MR) is 114 cm³/mol. The van der Waals surface area contributed by atoms with Crippen molar-refractivity contribution in [3.05, 3.63) is 65.4 Å². The Morgan fingerprint density at radius 3 is 2.73 bits per heavy atom. The summed E-state index contributed by atoms with van der Waals surface area (Å²) in [5, 5.41) is 4.08. The van der Waals surface area contributed by atoms with Gasteiger partial charge >= 0.3 is 0 Å². The molecule has 1 saturated heterocycles. The number of ketones is 1. The molecule has 0 bridgehead atoms. The lowest BCUT2D eigenvalue weighted by Crippen LogP contribution is -2.52. The highest BCUT2D eigenvalue weighted by molar-refractivity contribution is 5.96. The fraction of sp³-hybridized carbons (Fsp3) is 0.292. The summed E-state index contributed by atoms with van der Waals surface area (Å²) in [4.78, 5) is 25.8. The molecule has 0 radical (unpaired) electrons. The summed E-state index contributed by atoms with van der Waals surface area (Å²) < 4.78 is 41.4. The summed E-state index contributed by atoms with van der Waals surface area (Å²) in [6.07, 6.45) is 1.77. The molecule has 5 rings (SSSR count). The van der Waals surface area contributed by atoms with Crippen LogP contribution in [0.1, 0.15) is 15.9 Å². The number of ether oxygens (including phenoxy) is 2. The molecule has 33 heavy (non-hydrogen) atoms. The van der Waals surface area contributed by atoms with Gasteiger partial charge in [-0.25, -0.2) is 8.78 Å². The van der Waals surface area contributed by atoms with Crippen molar-refractivity contribution in [1.29, 1.82) is 0 Å². The fourth-order valence-corrected chi connectivity index (χ4v) is 4.11. The minimum atomic E-state index is -0.677. The molecule has 0 N–H and O–H groups in total. The van der Waals surface area contributed by atoms with E-state index >= 15 is 0 Å². The molecule has 0 saturated carbocycles. The van der Waals surface area contributed by atoms with E-state index in [0.29, 0.717) is 30.0 Å². The average molecular weight is 453 g/mol. The molecule has 0 aliphatic carbocycles. The van der Waals surface area contributed by atoms with Crippen LogP contribution >= 0.6 is 0 Å². The zero-order valence-corrected chi connectivity index (χ0v) is 17.9. The molecule has 3 heterocycles. The largest absolute Gasteiger partial charge is 0.490 e. The number of amides is 1. The average Bonchev–Trinajstić information content (AvgIpc) is 3.19. The predicted octanol–water partition coefficient (Wildman–Crippen LogP) is 3.02. The van der Waals surface area contributed by atoms with Crippen LogP contribution in [0.3, 0.4) is 0 Å². The summed E-state index contributed by atoms with van der Waals surface area (Å²) in [5.74, 6) is -1.27. The van der Waals surface area contributed by atoms with E-state index < -0.39 is 17.5 Å². The molecule has 1 amide bonds. The van der Waals surface area contributed by atoms with Gasteiger partial charge in [-0.1, -0.05) is 0 Å². The van der Waals surface area contributed by atoms with Gasteiger partial charge in [-0.2, -0.15) is 5.10 Å². The molecule has 7 nitrogen and oxygen atoms in total. The molecule has 1 aromatic heterocycles. The number of hydrogen-bond acceptors (Lipinski definition) is 5. The number of carbonyl (C=O) groups excluding carboxylic acids is 2. The molecule has 2 aromatic carbocycles. The molecule has 0 spiro atoms. The molecule has 9 heteroatoms. The molecule has 3 aromatic rings. The quantitative estimate of drug-likeness (QED) is 0.594. The van der Waals surface area contributed by atoms with E-state index in [9.17, 15) is 18.4 Å². The molecule has 0 unspecified atom stereocenters. The Bertz CT molecular complexity index is 1250. The topological polar surface area (TPSA) is 73.7 Å². The summed E-state index contributed by atoms with van der Waals surface area (Å²) in [7, 11) is 1.78. The van der Waals surface area contributed by atoms with Crippen molar-refractivity contribution >= 4 is 11.7 Å². The molecule has 0 atom stereocenters. The van der Waals surface area contributed by atoms with Crippen LogP contribution in [0.4, 0.5) is 8.78 Å². The minimum Gasteiger partial charge on any atom is -0.490 e. The summed E-state index contributed by atoms with van der Waals surface area (Å²) in [5.41, 5.74) is 1.92. The number of likely N-dealkylation sites (tertiary alicyclic amines) is 1. The number of carbonyl (C=O) groups is 2. The highest BCUT2D eigenvalue weighted by Crippen LogP contribution is 2.30. The first kappa shape index (κ1) is 21.1. The highest BCUT2D eigenvalue weighted by Gasteiger charge is 2.34. The molecule has 1 fully saturated rings. The molecule has 2 aliphatic heterocycles. The lowest BCUT2D eigenvalue weighted by Gasteiger charge is -2.39. The first-order chi connectivity index (χ1) is 15.9. The van der Waals surface area contributed by atoms with Crippen LogP contribution in [-0.4, -0.2) is 52.7 Å². The third kappa shape index (κ3) is 4.06. The van der Waals surface area contributed by atoms with E-state index in [1.54, 1.807) is 36.1 Å². The molecule has 170 valence electrons. The Morgan fingerprint density at radius 1 is 1.18 bits per heavy atom. The molecular weight excluding hydrogens is 432 g/mol.